The molecule has 2 amide bonds. The van der Waals surface area contributed by atoms with E-state index in [2.05, 4.69) is 6.92 Å². The van der Waals surface area contributed by atoms with Gasteiger partial charge in [0, 0.05) is 30.2 Å². The van der Waals surface area contributed by atoms with Gasteiger partial charge in [-0.15, -0.1) is 0 Å². The first-order valence-corrected chi connectivity index (χ1v) is 10.5. The van der Waals surface area contributed by atoms with Crippen LogP contribution in [0.15, 0.2) is 48.2 Å². The van der Waals surface area contributed by atoms with Crippen LogP contribution in [0.2, 0.25) is 5.02 Å². The van der Waals surface area contributed by atoms with E-state index in [4.69, 9.17) is 11.6 Å². The quantitative estimate of drug-likeness (QED) is 0.395. The molecule has 0 aliphatic carbocycles. The fourth-order valence-electron chi connectivity index (χ4n) is 4.26. The number of amides is 2. The molecule has 2 heterocycles. The van der Waals surface area contributed by atoms with Crippen LogP contribution in [0.25, 0.3) is 5.57 Å². The Bertz CT molecular complexity index is 1110. The standard InChI is InChI=1S/C23H22ClN3O4/c1-14-4-3-11-25(13-14)21-20(16-6-9-18(10-7-16)27(30)31)22(28)26(23(21)29)19-12-17(24)8-5-15(19)2/h5-10,12,14H,3-4,11,13H2,1-2H3. The lowest BCUT2D eigenvalue weighted by Gasteiger charge is -2.33. The molecule has 2 aliphatic heterocycles. The molecule has 8 heteroatoms. The number of hydrogen-bond donors (Lipinski definition) is 0. The van der Waals surface area contributed by atoms with Gasteiger partial charge in [0.15, 0.2) is 0 Å². The average Bonchev–Trinajstić information content (AvgIpc) is 3.00. The first-order chi connectivity index (χ1) is 14.8. The number of imide groups is 1. The molecule has 0 bridgehead atoms. The lowest BCUT2D eigenvalue weighted by atomic mass is 9.97. The normalized spacial score (nSPS) is 19.4. The van der Waals surface area contributed by atoms with Crippen molar-refractivity contribution in [2.24, 2.45) is 5.92 Å². The van der Waals surface area contributed by atoms with Crippen LogP contribution in [-0.4, -0.2) is 34.7 Å². The SMILES string of the molecule is Cc1ccc(Cl)cc1N1C(=O)C(c2ccc([N+](=O)[O-])cc2)=C(N2CCCC(C)C2)C1=O. The van der Waals surface area contributed by atoms with Gasteiger partial charge in [0.25, 0.3) is 17.5 Å². The van der Waals surface area contributed by atoms with Crippen LogP contribution < -0.4 is 4.90 Å². The van der Waals surface area contributed by atoms with Crippen molar-refractivity contribution >= 4 is 40.4 Å². The third-order valence-corrected chi connectivity index (χ3v) is 6.05. The molecule has 31 heavy (non-hydrogen) atoms. The summed E-state index contributed by atoms with van der Waals surface area (Å²) in [6, 6.07) is 10.9. The van der Waals surface area contributed by atoms with Crippen LogP contribution in [-0.2, 0) is 9.59 Å². The van der Waals surface area contributed by atoms with E-state index in [1.807, 2.05) is 11.8 Å². The van der Waals surface area contributed by atoms with Crippen LogP contribution in [0, 0.1) is 23.0 Å². The maximum Gasteiger partial charge on any atom is 0.282 e. The number of non-ortho nitro benzene ring substituents is 1. The number of benzene rings is 2. The number of anilines is 1. The second kappa shape index (κ2) is 8.15. The largest absolute Gasteiger partial charge is 0.366 e. The van der Waals surface area contributed by atoms with Crippen molar-refractivity contribution in [2.75, 3.05) is 18.0 Å². The van der Waals surface area contributed by atoms with Crippen molar-refractivity contribution in [1.82, 2.24) is 4.90 Å². The highest BCUT2D eigenvalue weighted by Gasteiger charge is 2.43. The van der Waals surface area contributed by atoms with Gasteiger partial charge < -0.3 is 4.90 Å². The number of nitro groups is 1. The number of carbonyl (C=O) groups excluding carboxylic acids is 2. The van der Waals surface area contributed by atoms with E-state index in [-0.39, 0.29) is 11.3 Å². The van der Waals surface area contributed by atoms with E-state index in [0.717, 1.165) is 18.4 Å². The van der Waals surface area contributed by atoms with E-state index in [1.165, 1.54) is 29.2 Å². The van der Waals surface area contributed by atoms with Gasteiger partial charge >= 0.3 is 0 Å². The fraction of sp³-hybridized carbons (Fsp3) is 0.304. The van der Waals surface area contributed by atoms with Crippen LogP contribution in [0.1, 0.15) is 30.9 Å². The molecule has 0 N–H and O–H groups in total. The van der Waals surface area contributed by atoms with Crippen LogP contribution >= 0.6 is 11.6 Å². The molecule has 1 fully saturated rings. The molecule has 1 saturated heterocycles. The highest BCUT2D eigenvalue weighted by atomic mass is 35.5. The minimum Gasteiger partial charge on any atom is -0.366 e. The van der Waals surface area contributed by atoms with Crippen LogP contribution in [0.3, 0.4) is 0 Å². The number of aryl methyl sites for hydroxylation is 1. The molecule has 7 nitrogen and oxygen atoms in total. The molecule has 4 rings (SSSR count). The van der Waals surface area contributed by atoms with Gasteiger partial charge in [-0.1, -0.05) is 24.6 Å². The minimum absolute atomic E-state index is 0.0724. The Morgan fingerprint density at radius 1 is 1.10 bits per heavy atom. The predicted octanol–water partition coefficient (Wildman–Crippen LogP) is 4.57. The van der Waals surface area contributed by atoms with Crippen molar-refractivity contribution in [1.29, 1.82) is 0 Å². The summed E-state index contributed by atoms with van der Waals surface area (Å²) in [5.41, 5.74) is 2.23. The Morgan fingerprint density at radius 3 is 2.45 bits per heavy atom. The Morgan fingerprint density at radius 2 is 1.81 bits per heavy atom. The van der Waals surface area contributed by atoms with Crippen molar-refractivity contribution < 1.29 is 14.5 Å². The smallest absolute Gasteiger partial charge is 0.282 e. The maximum atomic E-state index is 13.6. The predicted molar refractivity (Wildman–Crippen MR) is 119 cm³/mol. The number of piperidine rings is 1. The average molecular weight is 440 g/mol. The third kappa shape index (κ3) is 3.81. The Kier molecular flexibility index (Phi) is 5.54. The van der Waals surface area contributed by atoms with Gasteiger partial charge in [-0.25, -0.2) is 4.90 Å². The molecule has 1 atom stereocenters. The second-order valence-electron chi connectivity index (χ2n) is 8.10. The van der Waals surface area contributed by atoms with E-state index in [0.29, 0.717) is 41.0 Å². The summed E-state index contributed by atoms with van der Waals surface area (Å²) < 4.78 is 0. The van der Waals surface area contributed by atoms with Crippen molar-refractivity contribution in [3.05, 3.63) is 74.4 Å². The molecular formula is C23H22ClN3O4. The maximum absolute atomic E-state index is 13.6. The van der Waals surface area contributed by atoms with Gasteiger partial charge in [0.2, 0.25) is 0 Å². The van der Waals surface area contributed by atoms with E-state index >= 15 is 0 Å². The van der Waals surface area contributed by atoms with E-state index in [9.17, 15) is 19.7 Å². The monoisotopic (exact) mass is 439 g/mol. The van der Waals surface area contributed by atoms with Crippen molar-refractivity contribution in [3.63, 3.8) is 0 Å². The molecule has 0 radical (unpaired) electrons. The molecular weight excluding hydrogens is 418 g/mol. The van der Waals surface area contributed by atoms with E-state index in [1.54, 1.807) is 18.2 Å². The molecule has 160 valence electrons. The summed E-state index contributed by atoms with van der Waals surface area (Å²) in [5.74, 6) is -0.445. The highest BCUT2D eigenvalue weighted by molar-refractivity contribution is 6.45. The zero-order valence-corrected chi connectivity index (χ0v) is 18.1. The zero-order chi connectivity index (χ0) is 22.3. The molecule has 0 aromatic heterocycles. The zero-order valence-electron chi connectivity index (χ0n) is 17.3. The summed E-state index contributed by atoms with van der Waals surface area (Å²) in [7, 11) is 0. The first-order valence-electron chi connectivity index (χ1n) is 10.2. The number of likely N-dealkylation sites (tertiary alicyclic amines) is 1. The second-order valence-corrected chi connectivity index (χ2v) is 8.53. The molecule has 1 unspecified atom stereocenters. The summed E-state index contributed by atoms with van der Waals surface area (Å²) >= 11 is 6.16. The van der Waals surface area contributed by atoms with Gasteiger partial charge in [-0.2, -0.15) is 0 Å². The highest BCUT2D eigenvalue weighted by Crippen LogP contribution is 2.38. The van der Waals surface area contributed by atoms with Gasteiger partial charge in [0.1, 0.15) is 5.70 Å². The lowest BCUT2D eigenvalue weighted by molar-refractivity contribution is -0.384. The number of hydrogen-bond acceptors (Lipinski definition) is 5. The molecule has 2 aromatic rings. The lowest BCUT2D eigenvalue weighted by Crippen LogP contribution is -2.39. The summed E-state index contributed by atoms with van der Waals surface area (Å²) in [6.07, 6.45) is 1.99. The van der Waals surface area contributed by atoms with E-state index < -0.39 is 16.7 Å². The number of nitro benzene ring substituents is 1. The third-order valence-electron chi connectivity index (χ3n) is 5.81. The topological polar surface area (TPSA) is 83.8 Å². The van der Waals surface area contributed by atoms with Crippen LogP contribution in [0.4, 0.5) is 11.4 Å². The molecule has 0 saturated carbocycles. The van der Waals surface area contributed by atoms with Gasteiger partial charge in [-0.3, -0.25) is 19.7 Å². The summed E-state index contributed by atoms with van der Waals surface area (Å²) in [4.78, 5) is 40.9. The molecule has 2 aliphatic rings. The van der Waals surface area contributed by atoms with Crippen LogP contribution in [0.5, 0.6) is 0 Å². The number of halogens is 1. The summed E-state index contributed by atoms with van der Waals surface area (Å²) in [5, 5.41) is 11.5. The van der Waals surface area contributed by atoms with Gasteiger partial charge in [-0.05, 0) is 61.1 Å². The number of nitrogens with zero attached hydrogens (tertiary/aromatic N) is 3. The Balaban J connectivity index is 1.85. The Labute approximate surface area is 185 Å². The molecule has 2 aromatic carbocycles. The molecule has 0 spiro atoms. The minimum atomic E-state index is -0.491. The summed E-state index contributed by atoms with van der Waals surface area (Å²) in [6.45, 7) is 5.29. The number of rotatable bonds is 4. The van der Waals surface area contributed by atoms with Gasteiger partial charge in [0.05, 0.1) is 16.2 Å². The van der Waals surface area contributed by atoms with Crippen molar-refractivity contribution in [2.45, 2.75) is 26.7 Å². The van der Waals surface area contributed by atoms with Crippen molar-refractivity contribution in [3.8, 4) is 0 Å². The first kappa shape index (κ1) is 21.1. The fourth-order valence-corrected chi connectivity index (χ4v) is 4.42. The Hall–Kier alpha value is -3.19. The number of carbonyl (C=O) groups is 2.